The van der Waals surface area contributed by atoms with E-state index >= 15 is 0 Å². The topological polar surface area (TPSA) is 4.93 Å². The molecule has 1 nitrogen and oxygen atoms in total. The predicted octanol–water partition coefficient (Wildman–Crippen LogP) is 5.13. The summed E-state index contributed by atoms with van der Waals surface area (Å²) in [6.45, 7) is 14.7. The maximum atomic E-state index is 2.50. The molecular weight excluding hydrogens is 242 g/mol. The third kappa shape index (κ3) is 3.15. The molecule has 1 heterocycles. The van der Waals surface area contributed by atoms with E-state index in [0.29, 0.717) is 0 Å². The molecule has 0 radical (unpaired) electrons. The van der Waals surface area contributed by atoms with Crippen LogP contribution in [0.5, 0.6) is 0 Å². The minimum atomic E-state index is 0.165. The summed E-state index contributed by atoms with van der Waals surface area (Å²) in [5.41, 5.74) is 4.51. The fourth-order valence-corrected chi connectivity index (χ4v) is 2.71. The van der Waals surface area contributed by atoms with Crippen LogP contribution in [0.25, 0.3) is 0 Å². The molecule has 1 aromatic heterocycles. The minimum absolute atomic E-state index is 0.165. The summed E-state index contributed by atoms with van der Waals surface area (Å²) in [5, 5.41) is 0. The lowest BCUT2D eigenvalue weighted by atomic mass is 9.91. The Kier molecular flexibility index (Phi) is 3.82. The van der Waals surface area contributed by atoms with Crippen molar-refractivity contribution in [3.63, 3.8) is 0 Å². The Labute approximate surface area is 123 Å². The van der Waals surface area contributed by atoms with Crippen LogP contribution in [-0.4, -0.2) is 4.57 Å². The number of nitrogens with zero attached hydrogens (tertiary/aromatic N) is 1. The number of benzene rings is 1. The molecule has 0 unspecified atom stereocenters. The van der Waals surface area contributed by atoms with Crippen LogP contribution < -0.4 is 0 Å². The van der Waals surface area contributed by atoms with Crippen LogP contribution in [0.15, 0.2) is 42.5 Å². The maximum Gasteiger partial charge on any atom is 0.0475 e. The molecule has 0 atom stereocenters. The summed E-state index contributed by atoms with van der Waals surface area (Å²) >= 11 is 0. The highest BCUT2D eigenvalue weighted by molar-refractivity contribution is 5.29. The first-order valence-electron chi connectivity index (χ1n) is 7.44. The van der Waals surface area contributed by atoms with Crippen LogP contribution in [0.3, 0.4) is 0 Å². The van der Waals surface area contributed by atoms with Crippen molar-refractivity contribution in [1.82, 2.24) is 4.57 Å². The molecule has 0 spiro atoms. The molecule has 0 fully saturated rings. The summed E-state index contributed by atoms with van der Waals surface area (Å²) in [4.78, 5) is 0. The van der Waals surface area contributed by atoms with E-state index < -0.39 is 0 Å². The van der Waals surface area contributed by atoms with Gasteiger partial charge in [-0.1, -0.05) is 71.9 Å². The van der Waals surface area contributed by atoms with Crippen LogP contribution in [0, 0.1) is 0 Å². The van der Waals surface area contributed by atoms with Crippen molar-refractivity contribution in [2.75, 3.05) is 0 Å². The van der Waals surface area contributed by atoms with Crippen molar-refractivity contribution in [2.24, 2.45) is 0 Å². The van der Waals surface area contributed by atoms with Crippen molar-refractivity contribution < 1.29 is 0 Å². The summed E-state index contributed by atoms with van der Waals surface area (Å²) in [7, 11) is 0. The Bertz CT molecular complexity index is 531. The highest BCUT2D eigenvalue weighted by Crippen LogP contribution is 2.31. The molecule has 20 heavy (non-hydrogen) atoms. The lowest BCUT2D eigenvalue weighted by Gasteiger charge is -2.27. The highest BCUT2D eigenvalue weighted by atomic mass is 15.0. The van der Waals surface area contributed by atoms with Crippen LogP contribution in [0.4, 0.5) is 0 Å². The molecule has 0 aliphatic carbocycles. The monoisotopic (exact) mass is 269 g/mol. The van der Waals surface area contributed by atoms with Gasteiger partial charge in [0.25, 0.3) is 0 Å². The molecule has 2 rings (SSSR count). The second-order valence-corrected chi connectivity index (χ2v) is 7.68. The van der Waals surface area contributed by atoms with Crippen molar-refractivity contribution >= 4 is 0 Å². The second kappa shape index (κ2) is 5.12. The van der Waals surface area contributed by atoms with E-state index in [1.165, 1.54) is 17.0 Å². The Morgan fingerprint density at radius 1 is 0.700 bits per heavy atom. The molecular formula is C19H27N. The van der Waals surface area contributed by atoms with Crippen molar-refractivity contribution in [3.05, 3.63) is 59.4 Å². The molecule has 0 aliphatic rings. The predicted molar refractivity (Wildman–Crippen MR) is 87.4 cm³/mol. The largest absolute Gasteiger partial charge is 0.343 e. The maximum absolute atomic E-state index is 2.50. The molecule has 108 valence electrons. The number of hydrogen-bond acceptors (Lipinski definition) is 0. The van der Waals surface area contributed by atoms with Gasteiger partial charge in [0, 0.05) is 28.8 Å². The van der Waals surface area contributed by atoms with E-state index in [1.54, 1.807) is 0 Å². The lowest BCUT2D eigenvalue weighted by Crippen LogP contribution is -2.24. The molecule has 0 saturated heterocycles. The zero-order chi connectivity index (χ0) is 15.0. The zero-order valence-corrected chi connectivity index (χ0v) is 13.7. The first kappa shape index (κ1) is 14.9. The summed E-state index contributed by atoms with van der Waals surface area (Å²) in [5.74, 6) is 0. The van der Waals surface area contributed by atoms with E-state index in [9.17, 15) is 0 Å². The molecule has 0 bridgehead atoms. The van der Waals surface area contributed by atoms with Gasteiger partial charge < -0.3 is 4.57 Å². The average molecular weight is 269 g/mol. The normalized spacial score (nSPS) is 12.7. The molecule has 1 aromatic carbocycles. The molecule has 2 aromatic rings. The van der Waals surface area contributed by atoms with E-state index in [2.05, 4.69) is 88.6 Å². The first-order chi connectivity index (χ1) is 9.19. The highest BCUT2D eigenvalue weighted by Gasteiger charge is 2.25. The van der Waals surface area contributed by atoms with Gasteiger partial charge in [0.05, 0.1) is 0 Å². The van der Waals surface area contributed by atoms with Gasteiger partial charge in [-0.2, -0.15) is 0 Å². The summed E-state index contributed by atoms with van der Waals surface area (Å²) in [6.07, 6.45) is 0. The molecule has 0 saturated carbocycles. The Morgan fingerprint density at radius 3 is 1.55 bits per heavy atom. The summed E-state index contributed by atoms with van der Waals surface area (Å²) < 4.78 is 2.50. The van der Waals surface area contributed by atoms with Gasteiger partial charge in [-0.05, 0) is 17.7 Å². The van der Waals surface area contributed by atoms with Crippen LogP contribution in [0.2, 0.25) is 0 Å². The van der Waals surface area contributed by atoms with Gasteiger partial charge in [-0.15, -0.1) is 0 Å². The third-order valence-corrected chi connectivity index (χ3v) is 3.70. The van der Waals surface area contributed by atoms with Gasteiger partial charge in [0.1, 0.15) is 0 Å². The molecule has 0 aliphatic heterocycles. The summed E-state index contributed by atoms with van der Waals surface area (Å²) in [6, 6.07) is 15.3. The fourth-order valence-electron chi connectivity index (χ4n) is 2.71. The Hall–Kier alpha value is -1.50. The second-order valence-electron chi connectivity index (χ2n) is 7.68. The number of hydrogen-bond donors (Lipinski definition) is 0. The molecule has 0 N–H and O–H groups in total. The van der Waals surface area contributed by atoms with E-state index in [-0.39, 0.29) is 10.8 Å². The van der Waals surface area contributed by atoms with Gasteiger partial charge in [0.15, 0.2) is 0 Å². The number of aromatic nitrogens is 1. The fraction of sp³-hybridized carbons (Fsp3) is 0.474. The van der Waals surface area contributed by atoms with Gasteiger partial charge in [0.2, 0.25) is 0 Å². The van der Waals surface area contributed by atoms with E-state index in [4.69, 9.17) is 0 Å². The standard InChI is InChI=1S/C19H27N/c1-18(2,3)16-12-13-17(19(4,5)6)20(16)14-15-10-8-7-9-11-15/h7-13H,14H2,1-6H3. The van der Waals surface area contributed by atoms with Gasteiger partial charge >= 0.3 is 0 Å². The zero-order valence-electron chi connectivity index (χ0n) is 13.7. The van der Waals surface area contributed by atoms with Crippen molar-refractivity contribution in [1.29, 1.82) is 0 Å². The Morgan fingerprint density at radius 2 is 1.15 bits per heavy atom. The third-order valence-electron chi connectivity index (χ3n) is 3.70. The van der Waals surface area contributed by atoms with Crippen molar-refractivity contribution in [3.8, 4) is 0 Å². The lowest BCUT2D eigenvalue weighted by molar-refractivity contribution is 0.482. The van der Waals surface area contributed by atoms with Crippen LogP contribution in [0.1, 0.15) is 58.5 Å². The first-order valence-corrected chi connectivity index (χ1v) is 7.44. The van der Waals surface area contributed by atoms with Crippen molar-refractivity contribution in [2.45, 2.75) is 58.9 Å². The quantitative estimate of drug-likeness (QED) is 0.712. The molecule has 0 amide bonds. The Balaban J connectivity index is 2.50. The minimum Gasteiger partial charge on any atom is -0.343 e. The van der Waals surface area contributed by atoms with Crippen LogP contribution >= 0.6 is 0 Å². The van der Waals surface area contributed by atoms with Gasteiger partial charge in [-0.25, -0.2) is 0 Å². The van der Waals surface area contributed by atoms with Gasteiger partial charge in [-0.3, -0.25) is 0 Å². The average Bonchev–Trinajstić information content (AvgIpc) is 2.73. The van der Waals surface area contributed by atoms with E-state index in [1.807, 2.05) is 0 Å². The number of rotatable bonds is 2. The van der Waals surface area contributed by atoms with E-state index in [0.717, 1.165) is 6.54 Å². The smallest absolute Gasteiger partial charge is 0.0475 e. The van der Waals surface area contributed by atoms with Crippen LogP contribution in [-0.2, 0) is 17.4 Å². The molecule has 1 heteroatoms. The SMILES string of the molecule is CC(C)(C)c1ccc(C(C)(C)C)n1Cc1ccccc1.